The molecule has 0 heterocycles. The van der Waals surface area contributed by atoms with Crippen molar-refractivity contribution in [2.75, 3.05) is 6.61 Å². The van der Waals surface area contributed by atoms with Crippen LogP contribution in [0.5, 0.6) is 11.5 Å². The van der Waals surface area contributed by atoms with Crippen LogP contribution in [0.1, 0.15) is 6.92 Å². The molecule has 0 spiro atoms. The molecule has 0 fully saturated rings. The monoisotopic (exact) mass is 170 g/mol. The van der Waals surface area contributed by atoms with Gasteiger partial charge < -0.3 is 9.84 Å². The van der Waals surface area contributed by atoms with E-state index in [9.17, 15) is 0 Å². The van der Waals surface area contributed by atoms with E-state index in [2.05, 4.69) is 12.6 Å². The van der Waals surface area contributed by atoms with Gasteiger partial charge in [-0.2, -0.15) is 0 Å². The zero-order chi connectivity index (χ0) is 8.27. The summed E-state index contributed by atoms with van der Waals surface area (Å²) in [6.45, 7) is 2.47. The van der Waals surface area contributed by atoms with Gasteiger partial charge in [0.25, 0.3) is 0 Å². The molecule has 1 rings (SSSR count). The summed E-state index contributed by atoms with van der Waals surface area (Å²) in [6, 6.07) is 4.82. The van der Waals surface area contributed by atoms with Crippen molar-refractivity contribution in [1.29, 1.82) is 0 Å². The molecule has 0 radical (unpaired) electrons. The van der Waals surface area contributed by atoms with Crippen LogP contribution < -0.4 is 4.74 Å². The van der Waals surface area contributed by atoms with Gasteiger partial charge in [0.2, 0.25) is 0 Å². The van der Waals surface area contributed by atoms with Gasteiger partial charge in [0.05, 0.1) is 6.61 Å². The molecule has 1 aromatic rings. The Labute approximate surface area is 71.2 Å². The number of hydrogen-bond acceptors (Lipinski definition) is 3. The third-order valence-electron chi connectivity index (χ3n) is 1.24. The zero-order valence-electron chi connectivity index (χ0n) is 6.24. The van der Waals surface area contributed by atoms with Gasteiger partial charge in [0, 0.05) is 11.0 Å². The van der Waals surface area contributed by atoms with Gasteiger partial charge in [-0.15, -0.1) is 12.6 Å². The predicted molar refractivity (Wildman–Crippen MR) is 46.5 cm³/mol. The molecule has 0 aromatic heterocycles. The summed E-state index contributed by atoms with van der Waals surface area (Å²) in [7, 11) is 0. The molecule has 0 aliphatic heterocycles. The van der Waals surface area contributed by atoms with Crippen LogP contribution in [0.25, 0.3) is 0 Å². The van der Waals surface area contributed by atoms with Crippen LogP contribution >= 0.6 is 12.6 Å². The van der Waals surface area contributed by atoms with Crippen molar-refractivity contribution in [1.82, 2.24) is 0 Å². The fourth-order valence-corrected chi connectivity index (χ4v) is 0.978. The summed E-state index contributed by atoms with van der Waals surface area (Å²) in [5, 5.41) is 9.05. The molecular formula is C8H10O2S. The molecule has 1 N–H and O–H groups in total. The number of rotatable bonds is 2. The van der Waals surface area contributed by atoms with Crippen molar-refractivity contribution in [2.45, 2.75) is 11.8 Å². The largest absolute Gasteiger partial charge is 0.508 e. The van der Waals surface area contributed by atoms with Crippen molar-refractivity contribution < 1.29 is 9.84 Å². The minimum Gasteiger partial charge on any atom is -0.508 e. The maximum atomic E-state index is 9.05. The Morgan fingerprint density at radius 2 is 2.27 bits per heavy atom. The maximum absolute atomic E-state index is 9.05. The molecule has 0 bridgehead atoms. The Kier molecular flexibility index (Phi) is 2.65. The van der Waals surface area contributed by atoms with E-state index in [1.807, 2.05) is 6.92 Å². The SMILES string of the molecule is CCOc1cc(O)ccc1S. The highest BCUT2D eigenvalue weighted by Crippen LogP contribution is 2.26. The maximum Gasteiger partial charge on any atom is 0.136 e. The van der Waals surface area contributed by atoms with E-state index in [-0.39, 0.29) is 5.75 Å². The number of ether oxygens (including phenoxy) is 1. The smallest absolute Gasteiger partial charge is 0.136 e. The van der Waals surface area contributed by atoms with Gasteiger partial charge in [-0.3, -0.25) is 0 Å². The lowest BCUT2D eigenvalue weighted by Crippen LogP contribution is -1.91. The summed E-state index contributed by atoms with van der Waals surface area (Å²) >= 11 is 4.14. The Balaban J connectivity index is 2.93. The minimum absolute atomic E-state index is 0.200. The molecule has 0 unspecified atom stereocenters. The summed E-state index contributed by atoms with van der Waals surface area (Å²) in [5.74, 6) is 0.821. The number of hydrogen-bond donors (Lipinski definition) is 2. The molecule has 0 atom stereocenters. The molecular weight excluding hydrogens is 160 g/mol. The Morgan fingerprint density at radius 3 is 2.91 bits per heavy atom. The Bertz CT molecular complexity index is 248. The van der Waals surface area contributed by atoms with Gasteiger partial charge in [-0.05, 0) is 19.1 Å². The van der Waals surface area contributed by atoms with Crippen LogP contribution in [0.2, 0.25) is 0 Å². The summed E-state index contributed by atoms with van der Waals surface area (Å²) in [4.78, 5) is 0.740. The lowest BCUT2D eigenvalue weighted by atomic mass is 10.3. The first kappa shape index (κ1) is 8.27. The number of benzene rings is 1. The fourth-order valence-electron chi connectivity index (χ4n) is 0.774. The first-order chi connectivity index (χ1) is 5.24. The second kappa shape index (κ2) is 3.53. The number of thiol groups is 1. The highest BCUT2D eigenvalue weighted by atomic mass is 32.1. The van der Waals surface area contributed by atoms with Crippen molar-refractivity contribution in [3.8, 4) is 11.5 Å². The third-order valence-corrected chi connectivity index (χ3v) is 1.61. The van der Waals surface area contributed by atoms with Gasteiger partial charge in [0.15, 0.2) is 0 Å². The predicted octanol–water partition coefficient (Wildman–Crippen LogP) is 2.08. The minimum atomic E-state index is 0.200. The van der Waals surface area contributed by atoms with Gasteiger partial charge >= 0.3 is 0 Å². The lowest BCUT2D eigenvalue weighted by Gasteiger charge is -2.05. The molecule has 0 aliphatic rings. The van der Waals surface area contributed by atoms with E-state index >= 15 is 0 Å². The van der Waals surface area contributed by atoms with E-state index in [1.165, 1.54) is 0 Å². The number of phenols is 1. The highest BCUT2D eigenvalue weighted by Gasteiger charge is 1.99. The zero-order valence-corrected chi connectivity index (χ0v) is 7.14. The summed E-state index contributed by atoms with van der Waals surface area (Å²) < 4.78 is 5.18. The first-order valence-corrected chi connectivity index (χ1v) is 3.83. The number of phenolic OH excluding ortho intramolecular Hbond substituents is 1. The van der Waals surface area contributed by atoms with E-state index < -0.39 is 0 Å². The molecule has 3 heteroatoms. The van der Waals surface area contributed by atoms with E-state index in [0.717, 1.165) is 4.90 Å². The van der Waals surface area contributed by atoms with Crippen LogP contribution in [-0.2, 0) is 0 Å². The van der Waals surface area contributed by atoms with Crippen LogP contribution in [-0.4, -0.2) is 11.7 Å². The average Bonchev–Trinajstić information content (AvgIpc) is 1.98. The quantitative estimate of drug-likeness (QED) is 0.665. The molecule has 0 saturated carbocycles. The molecule has 11 heavy (non-hydrogen) atoms. The fraction of sp³-hybridized carbons (Fsp3) is 0.250. The Hall–Kier alpha value is -0.830. The van der Waals surface area contributed by atoms with Crippen LogP contribution in [0.4, 0.5) is 0 Å². The summed E-state index contributed by atoms with van der Waals surface area (Å²) in [5.41, 5.74) is 0. The van der Waals surface area contributed by atoms with E-state index in [1.54, 1.807) is 18.2 Å². The van der Waals surface area contributed by atoms with Crippen molar-refractivity contribution in [2.24, 2.45) is 0 Å². The van der Waals surface area contributed by atoms with Crippen LogP contribution in [0, 0.1) is 0 Å². The van der Waals surface area contributed by atoms with E-state index in [0.29, 0.717) is 12.4 Å². The van der Waals surface area contributed by atoms with Gasteiger partial charge in [-0.25, -0.2) is 0 Å². The molecule has 60 valence electrons. The van der Waals surface area contributed by atoms with Crippen molar-refractivity contribution in [3.05, 3.63) is 18.2 Å². The second-order valence-corrected chi connectivity index (χ2v) is 2.57. The first-order valence-electron chi connectivity index (χ1n) is 3.39. The standard InChI is InChI=1S/C8H10O2S/c1-2-10-7-5-6(9)3-4-8(7)11/h3-5,9,11H,2H2,1H3. The van der Waals surface area contributed by atoms with Gasteiger partial charge in [0.1, 0.15) is 11.5 Å². The van der Waals surface area contributed by atoms with Crippen LogP contribution in [0.3, 0.4) is 0 Å². The molecule has 2 nitrogen and oxygen atoms in total. The third kappa shape index (κ3) is 2.05. The molecule has 0 amide bonds. The normalized spacial score (nSPS) is 9.64. The molecule has 1 aromatic carbocycles. The van der Waals surface area contributed by atoms with Crippen molar-refractivity contribution in [3.63, 3.8) is 0 Å². The molecule has 0 aliphatic carbocycles. The average molecular weight is 170 g/mol. The number of aromatic hydroxyl groups is 1. The molecule has 0 saturated heterocycles. The summed E-state index contributed by atoms with van der Waals surface area (Å²) in [6.07, 6.45) is 0. The van der Waals surface area contributed by atoms with E-state index in [4.69, 9.17) is 9.84 Å². The second-order valence-electron chi connectivity index (χ2n) is 2.09. The van der Waals surface area contributed by atoms with Gasteiger partial charge in [-0.1, -0.05) is 0 Å². The topological polar surface area (TPSA) is 29.5 Å². The highest BCUT2D eigenvalue weighted by molar-refractivity contribution is 7.80. The van der Waals surface area contributed by atoms with Crippen molar-refractivity contribution >= 4 is 12.6 Å². The van der Waals surface area contributed by atoms with Crippen LogP contribution in [0.15, 0.2) is 23.1 Å². The lowest BCUT2D eigenvalue weighted by molar-refractivity contribution is 0.330. The Morgan fingerprint density at radius 1 is 1.55 bits per heavy atom.